The lowest BCUT2D eigenvalue weighted by atomic mass is 10.1. The number of nitrogen functional groups attached to an aromatic ring is 2. The van der Waals surface area contributed by atoms with Gasteiger partial charge in [0.05, 0.1) is 6.04 Å². The van der Waals surface area contributed by atoms with Gasteiger partial charge in [0, 0.05) is 0 Å². The molecule has 1 atom stereocenters. The van der Waals surface area contributed by atoms with E-state index in [0.717, 1.165) is 19.3 Å². The second-order valence-corrected chi connectivity index (χ2v) is 4.81. The highest BCUT2D eigenvalue weighted by Crippen LogP contribution is 2.17. The van der Waals surface area contributed by atoms with E-state index in [1.807, 2.05) is 6.92 Å². The van der Waals surface area contributed by atoms with Gasteiger partial charge in [-0.05, 0) is 12.8 Å². The van der Waals surface area contributed by atoms with Crippen LogP contribution in [0.15, 0.2) is 4.99 Å². The first-order valence-electron chi connectivity index (χ1n) is 6.62. The molecule has 0 bridgehead atoms. The molecule has 0 aliphatic rings. The van der Waals surface area contributed by atoms with Gasteiger partial charge in [-0.25, -0.2) is 15.0 Å². The van der Waals surface area contributed by atoms with Crippen LogP contribution in [-0.4, -0.2) is 27.9 Å². The molecule has 0 saturated heterocycles. The van der Waals surface area contributed by atoms with Gasteiger partial charge in [-0.15, -0.1) is 0 Å². The standard InChI is InChI=1S/C12H20ClN7O/c1-3-5-6(4-2)17-12(16)20-11(21)7-9(14)19-10(15)8(13)18-7/h6H,3-5H2,1-2H3,(H4,14,15,19)(H3,16,17,20,21). The van der Waals surface area contributed by atoms with Crippen molar-refractivity contribution in [2.24, 2.45) is 10.7 Å². The Balaban J connectivity index is 2.86. The van der Waals surface area contributed by atoms with Crippen molar-refractivity contribution in [2.75, 3.05) is 11.5 Å². The first-order chi connectivity index (χ1) is 9.88. The van der Waals surface area contributed by atoms with Gasteiger partial charge in [0.25, 0.3) is 5.91 Å². The Morgan fingerprint density at radius 3 is 2.57 bits per heavy atom. The van der Waals surface area contributed by atoms with Crippen molar-refractivity contribution in [3.63, 3.8) is 0 Å². The lowest BCUT2D eigenvalue weighted by Crippen LogP contribution is -2.38. The predicted octanol–water partition coefficient (Wildman–Crippen LogP) is 0.918. The molecule has 1 amide bonds. The number of hydrogen-bond acceptors (Lipinski definition) is 6. The van der Waals surface area contributed by atoms with Crippen molar-refractivity contribution < 1.29 is 4.79 Å². The summed E-state index contributed by atoms with van der Waals surface area (Å²) in [6.07, 6.45) is 2.71. The fourth-order valence-corrected chi connectivity index (χ4v) is 1.83. The zero-order chi connectivity index (χ0) is 16.0. The van der Waals surface area contributed by atoms with E-state index in [2.05, 4.69) is 27.2 Å². The van der Waals surface area contributed by atoms with E-state index in [-0.39, 0.29) is 34.5 Å². The zero-order valence-corrected chi connectivity index (χ0v) is 12.8. The van der Waals surface area contributed by atoms with E-state index in [1.54, 1.807) is 0 Å². The molecule has 0 aliphatic heterocycles. The first kappa shape index (κ1) is 17.0. The van der Waals surface area contributed by atoms with E-state index in [0.29, 0.717) is 0 Å². The first-order valence-corrected chi connectivity index (χ1v) is 6.99. The summed E-state index contributed by atoms with van der Waals surface area (Å²) in [5.74, 6) is -0.784. The SMILES string of the molecule is CCCC(CC)/N=C(\N)NC(=O)c1nc(Cl)c(N)nc1N. The van der Waals surface area contributed by atoms with Gasteiger partial charge in [0.2, 0.25) is 0 Å². The number of amides is 1. The van der Waals surface area contributed by atoms with Gasteiger partial charge < -0.3 is 17.2 Å². The molecule has 1 unspecified atom stereocenters. The summed E-state index contributed by atoms with van der Waals surface area (Å²) >= 11 is 5.72. The quantitative estimate of drug-likeness (QED) is 0.469. The molecule has 0 saturated carbocycles. The molecule has 9 heteroatoms. The molecule has 116 valence electrons. The summed E-state index contributed by atoms with van der Waals surface area (Å²) in [6.45, 7) is 4.06. The van der Waals surface area contributed by atoms with Crippen LogP contribution in [0.2, 0.25) is 5.15 Å². The van der Waals surface area contributed by atoms with Gasteiger partial charge in [0.1, 0.15) is 0 Å². The second kappa shape index (κ2) is 7.63. The molecular weight excluding hydrogens is 294 g/mol. The van der Waals surface area contributed by atoms with E-state index in [1.165, 1.54) is 0 Å². The number of nitrogens with one attached hydrogen (secondary N) is 1. The number of guanidine groups is 1. The molecule has 1 aromatic heterocycles. The Bertz CT molecular complexity index is 547. The molecule has 8 nitrogen and oxygen atoms in total. The van der Waals surface area contributed by atoms with Crippen LogP contribution in [0, 0.1) is 0 Å². The largest absolute Gasteiger partial charge is 0.382 e. The number of anilines is 2. The number of halogens is 1. The summed E-state index contributed by atoms with van der Waals surface area (Å²) in [6, 6.07) is 0.0636. The number of carbonyl (C=O) groups excluding carboxylic acids is 1. The molecule has 0 fully saturated rings. The molecule has 0 radical (unpaired) electrons. The summed E-state index contributed by atoms with van der Waals surface area (Å²) in [5.41, 5.74) is 16.6. The highest BCUT2D eigenvalue weighted by molar-refractivity contribution is 6.31. The van der Waals surface area contributed by atoms with Crippen LogP contribution in [0.5, 0.6) is 0 Å². The maximum atomic E-state index is 12.0. The molecule has 7 N–H and O–H groups in total. The fourth-order valence-electron chi connectivity index (χ4n) is 1.71. The third kappa shape index (κ3) is 4.75. The lowest BCUT2D eigenvalue weighted by Gasteiger charge is -2.11. The molecule has 1 heterocycles. The number of hydrogen-bond donors (Lipinski definition) is 4. The summed E-state index contributed by atoms with van der Waals surface area (Å²) in [7, 11) is 0. The van der Waals surface area contributed by atoms with Crippen molar-refractivity contribution in [3.05, 3.63) is 10.8 Å². The maximum absolute atomic E-state index is 12.0. The average molecular weight is 314 g/mol. The molecular formula is C12H20ClN7O. The second-order valence-electron chi connectivity index (χ2n) is 4.45. The Kier molecular flexibility index (Phi) is 6.16. The Labute approximate surface area is 128 Å². The number of rotatable bonds is 5. The van der Waals surface area contributed by atoms with Crippen molar-refractivity contribution >= 4 is 35.1 Å². The molecule has 21 heavy (non-hydrogen) atoms. The summed E-state index contributed by atoms with van der Waals surface area (Å²) < 4.78 is 0. The van der Waals surface area contributed by atoms with E-state index >= 15 is 0 Å². The minimum Gasteiger partial charge on any atom is -0.382 e. The molecule has 1 rings (SSSR count). The highest BCUT2D eigenvalue weighted by atomic mass is 35.5. The molecule has 0 spiro atoms. The number of nitrogens with zero attached hydrogens (tertiary/aromatic N) is 3. The minimum atomic E-state index is -0.630. The monoisotopic (exact) mass is 313 g/mol. The lowest BCUT2D eigenvalue weighted by molar-refractivity contribution is 0.0972. The van der Waals surface area contributed by atoms with E-state index < -0.39 is 5.91 Å². The zero-order valence-electron chi connectivity index (χ0n) is 12.1. The summed E-state index contributed by atoms with van der Waals surface area (Å²) in [4.78, 5) is 23.8. The summed E-state index contributed by atoms with van der Waals surface area (Å²) in [5, 5.41) is 2.32. The van der Waals surface area contributed by atoms with Crippen LogP contribution < -0.4 is 22.5 Å². The van der Waals surface area contributed by atoms with E-state index in [9.17, 15) is 4.79 Å². The van der Waals surface area contributed by atoms with Gasteiger partial charge >= 0.3 is 0 Å². The number of aliphatic imine (C=N–C) groups is 1. The number of nitrogens with two attached hydrogens (primary N) is 3. The molecule has 1 aromatic rings. The predicted molar refractivity (Wildman–Crippen MR) is 83.9 cm³/mol. The Hall–Kier alpha value is -2.09. The topological polar surface area (TPSA) is 145 Å². The number of aromatic nitrogens is 2. The van der Waals surface area contributed by atoms with Crippen LogP contribution in [0.4, 0.5) is 11.6 Å². The van der Waals surface area contributed by atoms with Crippen LogP contribution in [0.25, 0.3) is 0 Å². The molecule has 0 aromatic carbocycles. The van der Waals surface area contributed by atoms with Gasteiger partial charge in [-0.3, -0.25) is 10.1 Å². The third-order valence-electron chi connectivity index (χ3n) is 2.78. The van der Waals surface area contributed by atoms with Crippen LogP contribution in [-0.2, 0) is 0 Å². The maximum Gasteiger partial charge on any atom is 0.280 e. The Morgan fingerprint density at radius 2 is 2.00 bits per heavy atom. The van der Waals surface area contributed by atoms with Crippen molar-refractivity contribution in [3.8, 4) is 0 Å². The number of carbonyl (C=O) groups is 1. The average Bonchev–Trinajstić information content (AvgIpc) is 2.42. The van der Waals surface area contributed by atoms with Crippen LogP contribution in [0.1, 0.15) is 43.6 Å². The smallest absolute Gasteiger partial charge is 0.280 e. The van der Waals surface area contributed by atoms with E-state index in [4.69, 9.17) is 28.8 Å². The Morgan fingerprint density at radius 1 is 1.33 bits per heavy atom. The normalized spacial score (nSPS) is 13.0. The van der Waals surface area contributed by atoms with Crippen molar-refractivity contribution in [1.82, 2.24) is 15.3 Å². The van der Waals surface area contributed by atoms with Gasteiger partial charge in [0.15, 0.2) is 28.4 Å². The fraction of sp³-hybridized carbons (Fsp3) is 0.500. The van der Waals surface area contributed by atoms with Crippen LogP contribution in [0.3, 0.4) is 0 Å². The van der Waals surface area contributed by atoms with Crippen LogP contribution >= 0.6 is 11.6 Å². The van der Waals surface area contributed by atoms with Gasteiger partial charge in [-0.1, -0.05) is 31.9 Å². The molecule has 0 aliphatic carbocycles. The minimum absolute atomic E-state index is 0.00875. The van der Waals surface area contributed by atoms with Crippen molar-refractivity contribution in [1.29, 1.82) is 0 Å². The third-order valence-corrected chi connectivity index (χ3v) is 3.05. The van der Waals surface area contributed by atoms with Crippen molar-refractivity contribution in [2.45, 2.75) is 39.2 Å². The van der Waals surface area contributed by atoms with Gasteiger partial charge in [-0.2, -0.15) is 0 Å². The highest BCUT2D eigenvalue weighted by Gasteiger charge is 2.17.